The van der Waals surface area contributed by atoms with Crippen molar-refractivity contribution in [2.75, 3.05) is 19.6 Å². The lowest BCUT2D eigenvalue weighted by molar-refractivity contribution is 0.167. The molecule has 0 aliphatic carbocycles. The Labute approximate surface area is 100 Å². The molecule has 4 heteroatoms. The normalized spacial score (nSPS) is 28.1. The van der Waals surface area contributed by atoms with Crippen LogP contribution in [0.2, 0.25) is 0 Å². The summed E-state index contributed by atoms with van der Waals surface area (Å²) in [5.41, 5.74) is 6.86. The Morgan fingerprint density at radius 3 is 3.12 bits per heavy atom. The first kappa shape index (κ1) is 11.0. The van der Waals surface area contributed by atoms with Gasteiger partial charge in [0.05, 0.1) is 0 Å². The summed E-state index contributed by atoms with van der Waals surface area (Å²) in [5.74, 6) is 0.649. The first-order chi connectivity index (χ1) is 8.20. The number of nitrogens with two attached hydrogens (primary N) is 1. The van der Waals surface area contributed by atoms with E-state index >= 15 is 0 Å². The molecule has 0 radical (unpaired) electrons. The van der Waals surface area contributed by atoms with Gasteiger partial charge in [0.25, 0.3) is 0 Å². The average Bonchev–Trinajstić information content (AvgIpc) is 2.84. The van der Waals surface area contributed by atoms with Gasteiger partial charge < -0.3 is 10.5 Å². The Kier molecular flexibility index (Phi) is 2.76. The summed E-state index contributed by atoms with van der Waals surface area (Å²) in [7, 11) is 0. The highest BCUT2D eigenvalue weighted by Gasteiger charge is 2.28. The molecule has 1 aromatic rings. The van der Waals surface area contributed by atoms with E-state index in [9.17, 15) is 4.39 Å². The molecular weight excluding hydrogens is 219 g/mol. The van der Waals surface area contributed by atoms with E-state index in [1.807, 2.05) is 0 Å². The average molecular weight is 236 g/mol. The monoisotopic (exact) mass is 236 g/mol. The number of hydrogen-bond acceptors (Lipinski definition) is 3. The third-order valence-electron chi connectivity index (χ3n) is 3.53. The van der Waals surface area contributed by atoms with Crippen LogP contribution < -0.4 is 10.5 Å². The van der Waals surface area contributed by atoms with Crippen molar-refractivity contribution < 1.29 is 9.13 Å². The van der Waals surface area contributed by atoms with E-state index in [1.165, 1.54) is 6.07 Å². The second kappa shape index (κ2) is 4.27. The van der Waals surface area contributed by atoms with Crippen LogP contribution in [-0.4, -0.2) is 36.7 Å². The molecule has 2 atom stereocenters. The van der Waals surface area contributed by atoms with E-state index in [-0.39, 0.29) is 11.9 Å². The van der Waals surface area contributed by atoms with Crippen LogP contribution >= 0.6 is 0 Å². The number of likely N-dealkylation sites (tertiary alicyclic amines) is 1. The molecule has 1 aromatic carbocycles. The van der Waals surface area contributed by atoms with Crippen molar-refractivity contribution >= 4 is 0 Å². The first-order valence-electron chi connectivity index (χ1n) is 6.14. The maximum atomic E-state index is 13.1. The van der Waals surface area contributed by atoms with Crippen LogP contribution in [0.25, 0.3) is 0 Å². The standard InChI is InChI=1S/C13H17FN2O/c14-10-1-2-13-9(5-10)6-12(17-13)8-16-4-3-11(15)7-16/h1-2,5,11-12H,3-4,6-8,15H2/t11-,12?/m1/s1. The number of nitrogens with zero attached hydrogens (tertiary/aromatic N) is 1. The quantitative estimate of drug-likeness (QED) is 0.837. The predicted octanol–water partition coefficient (Wildman–Crippen LogP) is 1.16. The lowest BCUT2D eigenvalue weighted by atomic mass is 10.1. The van der Waals surface area contributed by atoms with Gasteiger partial charge in [-0.15, -0.1) is 0 Å². The predicted molar refractivity (Wildman–Crippen MR) is 63.6 cm³/mol. The highest BCUT2D eigenvalue weighted by Crippen LogP contribution is 2.29. The van der Waals surface area contributed by atoms with Gasteiger partial charge in [-0.1, -0.05) is 0 Å². The minimum atomic E-state index is -0.184. The van der Waals surface area contributed by atoms with Crippen molar-refractivity contribution in [2.45, 2.75) is 25.0 Å². The van der Waals surface area contributed by atoms with Gasteiger partial charge in [-0.05, 0) is 31.2 Å². The zero-order valence-corrected chi connectivity index (χ0v) is 9.73. The number of ether oxygens (including phenoxy) is 1. The van der Waals surface area contributed by atoms with Crippen molar-refractivity contribution in [1.82, 2.24) is 4.90 Å². The molecule has 0 amide bonds. The van der Waals surface area contributed by atoms with E-state index in [4.69, 9.17) is 10.5 Å². The summed E-state index contributed by atoms with van der Waals surface area (Å²) < 4.78 is 18.9. The minimum Gasteiger partial charge on any atom is -0.488 e. The molecule has 3 rings (SSSR count). The number of benzene rings is 1. The Morgan fingerprint density at radius 1 is 1.47 bits per heavy atom. The first-order valence-corrected chi connectivity index (χ1v) is 6.14. The van der Waals surface area contributed by atoms with Crippen LogP contribution in [0.4, 0.5) is 4.39 Å². The summed E-state index contributed by atoms with van der Waals surface area (Å²) in [6.07, 6.45) is 2.02. The molecule has 0 bridgehead atoms. The number of rotatable bonds is 2. The fourth-order valence-corrected chi connectivity index (χ4v) is 2.71. The second-order valence-electron chi connectivity index (χ2n) is 5.00. The Morgan fingerprint density at radius 2 is 2.35 bits per heavy atom. The second-order valence-corrected chi connectivity index (χ2v) is 5.00. The lowest BCUT2D eigenvalue weighted by Gasteiger charge is -2.19. The van der Waals surface area contributed by atoms with Crippen LogP contribution in [0.5, 0.6) is 5.75 Å². The van der Waals surface area contributed by atoms with E-state index in [1.54, 1.807) is 12.1 Å². The summed E-state index contributed by atoms with van der Waals surface area (Å²) >= 11 is 0. The Balaban J connectivity index is 1.62. The third kappa shape index (κ3) is 2.28. The SMILES string of the molecule is N[C@@H]1CCN(CC2Cc3cc(F)ccc3O2)C1. The molecule has 1 saturated heterocycles. The molecule has 1 fully saturated rings. The number of hydrogen-bond donors (Lipinski definition) is 1. The number of fused-ring (bicyclic) bond motifs is 1. The van der Waals surface area contributed by atoms with Gasteiger partial charge in [0.15, 0.2) is 0 Å². The van der Waals surface area contributed by atoms with Gasteiger partial charge in [0.2, 0.25) is 0 Å². The van der Waals surface area contributed by atoms with Crippen LogP contribution in [0.15, 0.2) is 18.2 Å². The van der Waals surface area contributed by atoms with Gasteiger partial charge in [0, 0.05) is 31.1 Å². The fraction of sp³-hybridized carbons (Fsp3) is 0.538. The zero-order valence-electron chi connectivity index (χ0n) is 9.73. The zero-order chi connectivity index (χ0) is 11.8. The summed E-state index contributed by atoms with van der Waals surface area (Å²) in [5, 5.41) is 0. The molecule has 0 spiro atoms. The smallest absolute Gasteiger partial charge is 0.123 e. The van der Waals surface area contributed by atoms with Crippen molar-refractivity contribution in [3.63, 3.8) is 0 Å². The van der Waals surface area contributed by atoms with E-state index in [2.05, 4.69) is 4.90 Å². The van der Waals surface area contributed by atoms with Gasteiger partial charge in [-0.2, -0.15) is 0 Å². The molecule has 2 N–H and O–H groups in total. The van der Waals surface area contributed by atoms with Crippen molar-refractivity contribution in [2.24, 2.45) is 5.73 Å². The molecular formula is C13H17FN2O. The summed E-state index contributed by atoms with van der Waals surface area (Å²) in [4.78, 5) is 2.33. The topological polar surface area (TPSA) is 38.5 Å². The van der Waals surface area contributed by atoms with Gasteiger partial charge >= 0.3 is 0 Å². The largest absolute Gasteiger partial charge is 0.488 e. The highest BCUT2D eigenvalue weighted by molar-refractivity contribution is 5.37. The molecule has 2 aliphatic heterocycles. The molecule has 1 unspecified atom stereocenters. The molecule has 0 saturated carbocycles. The number of halogens is 1. The third-order valence-corrected chi connectivity index (χ3v) is 3.53. The van der Waals surface area contributed by atoms with Crippen LogP contribution in [0.3, 0.4) is 0 Å². The minimum absolute atomic E-state index is 0.150. The molecule has 0 aromatic heterocycles. The lowest BCUT2D eigenvalue weighted by Crippen LogP contribution is -2.35. The molecule has 2 aliphatic rings. The Bertz CT molecular complexity index is 424. The van der Waals surface area contributed by atoms with Gasteiger partial charge in [-0.25, -0.2) is 4.39 Å². The maximum absolute atomic E-state index is 13.1. The highest BCUT2D eigenvalue weighted by atomic mass is 19.1. The van der Waals surface area contributed by atoms with Crippen molar-refractivity contribution in [1.29, 1.82) is 0 Å². The van der Waals surface area contributed by atoms with E-state index in [0.717, 1.165) is 43.8 Å². The summed E-state index contributed by atoms with van der Waals surface area (Å²) in [6.45, 7) is 2.89. The fourth-order valence-electron chi connectivity index (χ4n) is 2.71. The van der Waals surface area contributed by atoms with Gasteiger partial charge in [0.1, 0.15) is 17.7 Å². The molecule has 3 nitrogen and oxygen atoms in total. The molecule has 92 valence electrons. The van der Waals surface area contributed by atoms with Crippen molar-refractivity contribution in [3.05, 3.63) is 29.6 Å². The van der Waals surface area contributed by atoms with E-state index in [0.29, 0.717) is 6.04 Å². The summed E-state index contributed by atoms with van der Waals surface area (Å²) in [6, 6.07) is 5.05. The Hall–Kier alpha value is -1.13. The van der Waals surface area contributed by atoms with Crippen LogP contribution in [0, 0.1) is 5.82 Å². The molecule has 17 heavy (non-hydrogen) atoms. The van der Waals surface area contributed by atoms with Crippen LogP contribution in [-0.2, 0) is 6.42 Å². The van der Waals surface area contributed by atoms with Crippen molar-refractivity contribution in [3.8, 4) is 5.75 Å². The molecule has 2 heterocycles. The van der Waals surface area contributed by atoms with Gasteiger partial charge in [-0.3, -0.25) is 4.90 Å². The van der Waals surface area contributed by atoms with E-state index < -0.39 is 0 Å². The maximum Gasteiger partial charge on any atom is 0.123 e. The van der Waals surface area contributed by atoms with Crippen LogP contribution in [0.1, 0.15) is 12.0 Å².